The van der Waals surface area contributed by atoms with Crippen LogP contribution in [0.2, 0.25) is 0 Å². The Morgan fingerprint density at radius 3 is 2.35 bits per heavy atom. The van der Waals surface area contributed by atoms with Gasteiger partial charge in [0, 0.05) is 45.0 Å². The number of rotatable bonds is 8. The molecular weight excluding hydrogens is 340 g/mol. The zero-order valence-electron chi connectivity index (χ0n) is 15.6. The van der Waals surface area contributed by atoms with Crippen molar-refractivity contribution in [3.63, 3.8) is 0 Å². The minimum absolute atomic E-state index is 0.780. The fourth-order valence-corrected chi connectivity index (χ4v) is 3.85. The zero-order valence-corrected chi connectivity index (χ0v) is 16.4. The maximum atomic E-state index is 5.86. The van der Waals surface area contributed by atoms with Gasteiger partial charge in [0.2, 0.25) is 0 Å². The number of thioether (sulfide) groups is 1. The summed E-state index contributed by atoms with van der Waals surface area (Å²) < 4.78 is 5.86. The second-order valence-electron chi connectivity index (χ2n) is 6.69. The van der Waals surface area contributed by atoms with Crippen molar-refractivity contribution in [2.75, 3.05) is 38.5 Å². The van der Waals surface area contributed by atoms with E-state index in [4.69, 9.17) is 4.74 Å². The van der Waals surface area contributed by atoms with Crippen LogP contribution in [0.3, 0.4) is 0 Å². The molecule has 3 nitrogen and oxygen atoms in total. The fraction of sp³-hybridized carbons (Fsp3) is 0.364. The van der Waals surface area contributed by atoms with Crippen molar-refractivity contribution in [3.05, 3.63) is 77.4 Å². The van der Waals surface area contributed by atoms with Crippen LogP contribution in [0.5, 0.6) is 5.75 Å². The molecule has 26 heavy (non-hydrogen) atoms. The number of piperazine rings is 1. The maximum Gasteiger partial charge on any atom is 0.153 e. The number of para-hydroxylation sites is 1. The molecule has 1 aliphatic heterocycles. The molecule has 0 unspecified atom stereocenters. The Hall–Kier alpha value is -1.75. The molecule has 0 atom stereocenters. The minimum atomic E-state index is 0.780. The van der Waals surface area contributed by atoms with Gasteiger partial charge in [0.05, 0.1) is 0 Å². The molecule has 0 N–H and O–H groups in total. The summed E-state index contributed by atoms with van der Waals surface area (Å²) in [4.78, 5) is 5.08. The van der Waals surface area contributed by atoms with Gasteiger partial charge in [0.1, 0.15) is 5.75 Å². The van der Waals surface area contributed by atoms with Crippen LogP contribution in [-0.2, 0) is 6.54 Å². The minimum Gasteiger partial charge on any atom is -0.451 e. The van der Waals surface area contributed by atoms with E-state index in [1.54, 1.807) is 11.8 Å². The molecule has 2 aromatic carbocycles. The standard InChI is InChI=1S/C22H28N2OS/c1-19-8-6-7-11-22(19)25-20(2)26-17-16-23-12-14-24(15-13-23)18-21-9-4-3-5-10-21/h3-11H,2,12-18H2,1H3. The van der Waals surface area contributed by atoms with Crippen LogP contribution in [0.25, 0.3) is 0 Å². The van der Waals surface area contributed by atoms with Gasteiger partial charge in [-0.25, -0.2) is 0 Å². The first kappa shape index (κ1) is 19.0. The van der Waals surface area contributed by atoms with Crippen LogP contribution < -0.4 is 4.74 Å². The summed E-state index contributed by atoms with van der Waals surface area (Å²) in [6.07, 6.45) is 0. The van der Waals surface area contributed by atoms with Gasteiger partial charge in [-0.05, 0) is 30.7 Å². The van der Waals surface area contributed by atoms with Crippen molar-refractivity contribution >= 4 is 11.8 Å². The van der Waals surface area contributed by atoms with Gasteiger partial charge in [-0.15, -0.1) is 0 Å². The van der Waals surface area contributed by atoms with Gasteiger partial charge in [-0.2, -0.15) is 0 Å². The van der Waals surface area contributed by atoms with Crippen molar-refractivity contribution in [2.45, 2.75) is 13.5 Å². The SMILES string of the molecule is C=C(Oc1ccccc1C)SCCN1CCN(Cc2ccccc2)CC1. The third-order valence-corrected chi connectivity index (χ3v) is 5.49. The third kappa shape index (κ3) is 5.90. The molecule has 1 fully saturated rings. The predicted octanol–water partition coefficient (Wildman–Crippen LogP) is 4.40. The molecule has 0 aromatic heterocycles. The molecule has 0 spiro atoms. The van der Waals surface area contributed by atoms with Gasteiger partial charge < -0.3 is 4.74 Å². The van der Waals surface area contributed by atoms with Gasteiger partial charge in [-0.1, -0.05) is 60.3 Å². The molecule has 0 saturated carbocycles. The van der Waals surface area contributed by atoms with Crippen LogP contribution in [-0.4, -0.2) is 48.3 Å². The lowest BCUT2D eigenvalue weighted by molar-refractivity contribution is 0.133. The molecule has 1 saturated heterocycles. The Morgan fingerprint density at radius 1 is 0.962 bits per heavy atom. The summed E-state index contributed by atoms with van der Waals surface area (Å²) in [5, 5.41) is 0.780. The summed E-state index contributed by atoms with van der Waals surface area (Å²) >= 11 is 1.71. The van der Waals surface area contributed by atoms with Gasteiger partial charge in [0.25, 0.3) is 0 Å². The molecular formula is C22H28N2OS. The number of ether oxygens (including phenoxy) is 1. The second-order valence-corrected chi connectivity index (χ2v) is 7.84. The molecule has 2 aromatic rings. The molecule has 4 heteroatoms. The monoisotopic (exact) mass is 368 g/mol. The quantitative estimate of drug-likeness (QED) is 0.642. The molecule has 0 amide bonds. The van der Waals surface area contributed by atoms with Gasteiger partial charge >= 0.3 is 0 Å². The van der Waals surface area contributed by atoms with E-state index >= 15 is 0 Å². The van der Waals surface area contributed by atoms with E-state index in [-0.39, 0.29) is 0 Å². The third-order valence-electron chi connectivity index (χ3n) is 4.70. The Bertz CT molecular complexity index is 696. The summed E-state index contributed by atoms with van der Waals surface area (Å²) in [6, 6.07) is 18.8. The Morgan fingerprint density at radius 2 is 1.62 bits per heavy atom. The number of nitrogens with zero attached hydrogens (tertiary/aromatic N) is 2. The smallest absolute Gasteiger partial charge is 0.153 e. The first-order chi connectivity index (χ1) is 12.7. The summed E-state index contributed by atoms with van der Waals surface area (Å²) in [6.45, 7) is 12.8. The highest BCUT2D eigenvalue weighted by Gasteiger charge is 2.16. The largest absolute Gasteiger partial charge is 0.451 e. The first-order valence-electron chi connectivity index (χ1n) is 9.24. The highest BCUT2D eigenvalue weighted by Crippen LogP contribution is 2.23. The Labute approximate surface area is 161 Å². The molecule has 138 valence electrons. The van der Waals surface area contributed by atoms with E-state index in [1.807, 2.05) is 18.2 Å². The number of benzene rings is 2. The average molecular weight is 369 g/mol. The fourth-order valence-electron chi connectivity index (χ4n) is 3.12. The van der Waals surface area contributed by atoms with Gasteiger partial charge in [-0.3, -0.25) is 9.80 Å². The number of hydrogen-bond donors (Lipinski definition) is 0. The van der Waals surface area contributed by atoms with Crippen molar-refractivity contribution in [3.8, 4) is 5.75 Å². The summed E-state index contributed by atoms with van der Waals surface area (Å²) in [7, 11) is 0. The van der Waals surface area contributed by atoms with E-state index in [1.165, 1.54) is 5.56 Å². The van der Waals surface area contributed by atoms with Crippen molar-refractivity contribution < 1.29 is 4.74 Å². The van der Waals surface area contributed by atoms with Crippen molar-refractivity contribution in [1.29, 1.82) is 0 Å². The van der Waals surface area contributed by atoms with Crippen LogP contribution in [0, 0.1) is 6.92 Å². The number of hydrogen-bond acceptors (Lipinski definition) is 4. The van der Waals surface area contributed by atoms with Crippen LogP contribution in [0.4, 0.5) is 0 Å². The highest BCUT2D eigenvalue weighted by molar-refractivity contribution is 8.02. The normalized spacial score (nSPS) is 15.7. The lowest BCUT2D eigenvalue weighted by Crippen LogP contribution is -2.46. The van der Waals surface area contributed by atoms with E-state index in [0.29, 0.717) is 0 Å². The van der Waals surface area contributed by atoms with E-state index in [9.17, 15) is 0 Å². The molecule has 1 aliphatic rings. The lowest BCUT2D eigenvalue weighted by atomic mass is 10.2. The second kappa shape index (κ2) is 9.81. The van der Waals surface area contributed by atoms with E-state index < -0.39 is 0 Å². The highest BCUT2D eigenvalue weighted by atomic mass is 32.2. The zero-order chi connectivity index (χ0) is 18.2. The first-order valence-corrected chi connectivity index (χ1v) is 10.2. The average Bonchev–Trinajstić information content (AvgIpc) is 2.66. The Balaban J connectivity index is 1.32. The molecule has 1 heterocycles. The van der Waals surface area contributed by atoms with Crippen LogP contribution >= 0.6 is 11.8 Å². The summed E-state index contributed by atoms with van der Waals surface area (Å²) in [5.41, 5.74) is 2.55. The molecule has 3 rings (SSSR count). The molecule has 0 aliphatic carbocycles. The lowest BCUT2D eigenvalue weighted by Gasteiger charge is -2.34. The van der Waals surface area contributed by atoms with E-state index in [2.05, 4.69) is 59.7 Å². The van der Waals surface area contributed by atoms with Crippen molar-refractivity contribution in [1.82, 2.24) is 9.80 Å². The van der Waals surface area contributed by atoms with Gasteiger partial charge in [0.15, 0.2) is 5.09 Å². The van der Waals surface area contributed by atoms with E-state index in [0.717, 1.165) is 61.4 Å². The van der Waals surface area contributed by atoms with Crippen LogP contribution in [0.1, 0.15) is 11.1 Å². The summed E-state index contributed by atoms with van der Waals surface area (Å²) in [5.74, 6) is 1.92. The molecule has 0 radical (unpaired) electrons. The Kier molecular flexibility index (Phi) is 7.18. The molecule has 0 bridgehead atoms. The number of aryl methyl sites for hydroxylation is 1. The van der Waals surface area contributed by atoms with Crippen LogP contribution in [0.15, 0.2) is 66.3 Å². The predicted molar refractivity (Wildman–Crippen MR) is 112 cm³/mol. The maximum absolute atomic E-state index is 5.86. The topological polar surface area (TPSA) is 15.7 Å². The van der Waals surface area contributed by atoms with Crippen molar-refractivity contribution in [2.24, 2.45) is 0 Å².